The van der Waals surface area contributed by atoms with E-state index < -0.39 is 6.23 Å². The second kappa shape index (κ2) is 7.86. The molecule has 6 heteroatoms. The van der Waals surface area contributed by atoms with Gasteiger partial charge in [0.05, 0.1) is 11.4 Å². The van der Waals surface area contributed by atoms with Gasteiger partial charge in [0.2, 0.25) is 0 Å². The molecule has 23 heavy (non-hydrogen) atoms. The average Bonchev–Trinajstić information content (AvgIpc) is 2.60. The van der Waals surface area contributed by atoms with Gasteiger partial charge in [-0.25, -0.2) is 0 Å². The van der Waals surface area contributed by atoms with E-state index in [1.807, 2.05) is 30.3 Å². The number of nitrogens with zero attached hydrogens (tertiary/aromatic N) is 1. The highest BCUT2D eigenvalue weighted by Crippen LogP contribution is 2.13. The molecule has 0 spiro atoms. The molecule has 2 rings (SSSR count). The van der Waals surface area contributed by atoms with Gasteiger partial charge in [-0.15, -0.1) is 4.91 Å². The maximum Gasteiger partial charge on any atom is 0.163 e. The van der Waals surface area contributed by atoms with Crippen molar-refractivity contribution < 1.29 is 5.11 Å². The number of nitrogens with two attached hydrogens (primary N) is 1. The summed E-state index contributed by atoms with van der Waals surface area (Å²) in [5.41, 5.74) is 8.44. The Morgan fingerprint density at radius 3 is 2.48 bits per heavy atom. The molecule has 0 amide bonds. The normalized spacial score (nSPS) is 12.5. The number of hydrogen-bond acceptors (Lipinski definition) is 6. The molecule has 118 valence electrons. The van der Waals surface area contributed by atoms with Gasteiger partial charge in [0.15, 0.2) is 6.23 Å². The number of hydrogen-bond donors (Lipinski definition) is 4. The van der Waals surface area contributed by atoms with Gasteiger partial charge in [0.25, 0.3) is 0 Å². The second-order valence-corrected chi connectivity index (χ2v) is 4.99. The van der Waals surface area contributed by atoms with Crippen molar-refractivity contribution in [2.75, 3.05) is 0 Å². The molecule has 0 aliphatic rings. The van der Waals surface area contributed by atoms with E-state index >= 15 is 0 Å². The Labute approximate surface area is 134 Å². The summed E-state index contributed by atoms with van der Waals surface area (Å²) in [6.45, 7) is 0. The van der Waals surface area contributed by atoms with Crippen LogP contribution in [-0.4, -0.2) is 17.0 Å². The summed E-state index contributed by atoms with van der Waals surface area (Å²) in [6, 6.07) is 15.9. The van der Waals surface area contributed by atoms with Gasteiger partial charge < -0.3 is 21.6 Å². The third-order valence-electron chi connectivity index (χ3n) is 3.27. The molecule has 1 unspecified atom stereocenters. The zero-order chi connectivity index (χ0) is 16.7. The second-order valence-electron chi connectivity index (χ2n) is 4.99. The maximum absolute atomic E-state index is 10.4. The molecule has 0 heterocycles. The first-order valence-electron chi connectivity index (χ1n) is 7.05. The minimum absolute atomic E-state index is 0.0916. The van der Waals surface area contributed by atoms with Crippen molar-refractivity contribution in [2.24, 2.45) is 10.9 Å². The van der Waals surface area contributed by atoms with Gasteiger partial charge in [-0.2, -0.15) is 0 Å². The van der Waals surface area contributed by atoms with Crippen LogP contribution in [0.1, 0.15) is 11.1 Å². The number of nitroso groups, excluding NO2 is 1. The number of rotatable bonds is 7. The molecular weight excluding hydrogens is 292 g/mol. The fraction of sp³-hybridized carbons (Fsp3) is 0.118. The Balaban J connectivity index is 1.93. The van der Waals surface area contributed by atoms with Gasteiger partial charge in [-0.05, 0) is 28.4 Å². The van der Waals surface area contributed by atoms with E-state index in [2.05, 4.69) is 10.5 Å². The zero-order valence-corrected chi connectivity index (χ0v) is 12.4. The standard InChI is InChI=1S/C17H18N4O2/c18-15(10-12-6-8-14(21-23)9-7-12)17(22)20-11-16(19)13-4-2-1-3-5-13/h1-9,11,17-18,20,22H,10,19H2/b16-11-,18-15?. The van der Waals surface area contributed by atoms with Crippen LogP contribution in [0.3, 0.4) is 0 Å². The number of benzene rings is 2. The van der Waals surface area contributed by atoms with Crippen LogP contribution in [0.25, 0.3) is 5.70 Å². The molecule has 0 fully saturated rings. The van der Waals surface area contributed by atoms with E-state index in [4.69, 9.17) is 11.1 Å². The van der Waals surface area contributed by atoms with Crippen molar-refractivity contribution in [3.63, 3.8) is 0 Å². The minimum Gasteiger partial charge on any atom is -0.397 e. The Bertz CT molecular complexity index is 696. The molecule has 0 aliphatic heterocycles. The lowest BCUT2D eigenvalue weighted by atomic mass is 10.1. The molecule has 5 N–H and O–H groups in total. The Morgan fingerprint density at radius 2 is 1.87 bits per heavy atom. The van der Waals surface area contributed by atoms with Crippen molar-refractivity contribution >= 4 is 17.1 Å². The van der Waals surface area contributed by atoms with Crippen molar-refractivity contribution in [1.82, 2.24) is 5.32 Å². The lowest BCUT2D eigenvalue weighted by molar-refractivity contribution is 0.218. The highest BCUT2D eigenvalue weighted by atomic mass is 16.3. The minimum atomic E-state index is -1.14. The molecule has 0 saturated carbocycles. The van der Waals surface area contributed by atoms with Crippen LogP contribution in [-0.2, 0) is 6.42 Å². The fourth-order valence-electron chi connectivity index (χ4n) is 1.97. The van der Waals surface area contributed by atoms with Crippen molar-refractivity contribution in [2.45, 2.75) is 12.6 Å². The Morgan fingerprint density at radius 1 is 1.22 bits per heavy atom. The molecule has 2 aromatic rings. The fourth-order valence-corrected chi connectivity index (χ4v) is 1.97. The third kappa shape index (κ3) is 4.76. The molecule has 1 atom stereocenters. The smallest absolute Gasteiger partial charge is 0.163 e. The zero-order valence-electron chi connectivity index (χ0n) is 12.4. The third-order valence-corrected chi connectivity index (χ3v) is 3.27. The summed E-state index contributed by atoms with van der Waals surface area (Å²) in [6.07, 6.45) is 0.599. The van der Waals surface area contributed by atoms with Crippen LogP contribution < -0.4 is 11.1 Å². The number of aliphatic hydroxyl groups is 1. The predicted molar refractivity (Wildman–Crippen MR) is 91.1 cm³/mol. The van der Waals surface area contributed by atoms with E-state index in [0.29, 0.717) is 11.4 Å². The summed E-state index contributed by atoms with van der Waals surface area (Å²) in [5.74, 6) is 0. The first-order chi connectivity index (χ1) is 11.1. The quantitative estimate of drug-likeness (QED) is 0.357. The molecule has 0 saturated heterocycles. The lowest BCUT2D eigenvalue weighted by Gasteiger charge is -2.13. The van der Waals surface area contributed by atoms with E-state index in [-0.39, 0.29) is 12.1 Å². The Hall–Kier alpha value is -2.99. The monoisotopic (exact) mass is 310 g/mol. The molecular formula is C17H18N4O2. The van der Waals surface area contributed by atoms with Crippen LogP contribution in [0.2, 0.25) is 0 Å². The molecule has 2 aromatic carbocycles. The van der Waals surface area contributed by atoms with Gasteiger partial charge in [-0.3, -0.25) is 0 Å². The largest absolute Gasteiger partial charge is 0.397 e. The van der Waals surface area contributed by atoms with Crippen molar-refractivity contribution in [3.05, 3.63) is 76.8 Å². The first-order valence-corrected chi connectivity index (χ1v) is 7.05. The van der Waals surface area contributed by atoms with Gasteiger partial charge in [0.1, 0.15) is 5.69 Å². The van der Waals surface area contributed by atoms with E-state index in [1.165, 1.54) is 6.20 Å². The lowest BCUT2D eigenvalue weighted by Crippen LogP contribution is -2.34. The van der Waals surface area contributed by atoms with E-state index in [9.17, 15) is 10.0 Å². The van der Waals surface area contributed by atoms with E-state index in [0.717, 1.165) is 11.1 Å². The first kappa shape index (κ1) is 16.4. The topological polar surface area (TPSA) is 112 Å². The van der Waals surface area contributed by atoms with Crippen molar-refractivity contribution in [3.8, 4) is 0 Å². The van der Waals surface area contributed by atoms with Crippen LogP contribution in [0.4, 0.5) is 5.69 Å². The molecule has 0 aliphatic carbocycles. The summed E-state index contributed by atoms with van der Waals surface area (Å²) in [7, 11) is 0. The summed E-state index contributed by atoms with van der Waals surface area (Å²) in [4.78, 5) is 10.4. The Kier molecular flexibility index (Phi) is 5.60. The highest BCUT2D eigenvalue weighted by Gasteiger charge is 2.10. The van der Waals surface area contributed by atoms with Crippen LogP contribution >= 0.6 is 0 Å². The van der Waals surface area contributed by atoms with Gasteiger partial charge in [-0.1, -0.05) is 42.5 Å². The van der Waals surface area contributed by atoms with Gasteiger partial charge in [0, 0.05) is 12.6 Å². The van der Waals surface area contributed by atoms with Crippen molar-refractivity contribution in [1.29, 1.82) is 5.41 Å². The highest BCUT2D eigenvalue weighted by molar-refractivity contribution is 5.87. The predicted octanol–water partition coefficient (Wildman–Crippen LogP) is 2.51. The van der Waals surface area contributed by atoms with E-state index in [1.54, 1.807) is 24.3 Å². The summed E-state index contributed by atoms with van der Waals surface area (Å²) >= 11 is 0. The SMILES string of the molecule is N=C(Cc1ccc(N=O)cc1)C(O)N/C=C(\N)c1ccccc1. The molecule has 6 nitrogen and oxygen atoms in total. The van der Waals surface area contributed by atoms with Crippen LogP contribution in [0, 0.1) is 10.3 Å². The van der Waals surface area contributed by atoms with Crippen LogP contribution in [0.5, 0.6) is 0 Å². The number of nitrogens with one attached hydrogen (secondary N) is 2. The van der Waals surface area contributed by atoms with Gasteiger partial charge >= 0.3 is 0 Å². The summed E-state index contributed by atoms with van der Waals surface area (Å²) < 4.78 is 0. The van der Waals surface area contributed by atoms with Crippen LogP contribution in [0.15, 0.2) is 66.0 Å². The average molecular weight is 310 g/mol. The molecule has 0 bridgehead atoms. The summed E-state index contributed by atoms with van der Waals surface area (Å²) in [5, 5.41) is 23.4. The maximum atomic E-state index is 10.4. The number of aliphatic hydroxyl groups excluding tert-OH is 1. The molecule has 0 aromatic heterocycles. The molecule has 0 radical (unpaired) electrons.